The molecule has 138 valence electrons. The minimum absolute atomic E-state index is 0.0583. The molecule has 1 amide bonds. The van der Waals surface area contributed by atoms with Crippen molar-refractivity contribution in [2.24, 2.45) is 0 Å². The number of aromatic nitrogens is 1. The summed E-state index contributed by atoms with van der Waals surface area (Å²) in [7, 11) is 0. The van der Waals surface area contributed by atoms with Gasteiger partial charge in [0.05, 0.1) is 10.0 Å². The quantitative estimate of drug-likeness (QED) is 0.837. The molecule has 1 N–H and O–H groups in total. The highest BCUT2D eigenvalue weighted by atomic mass is 35.5. The van der Waals surface area contributed by atoms with Crippen LogP contribution in [0.4, 0.5) is 4.39 Å². The summed E-state index contributed by atoms with van der Waals surface area (Å²) in [5.41, 5.74) is -0.166. The van der Waals surface area contributed by atoms with Crippen LogP contribution < -0.4 is 10.2 Å². The first kappa shape index (κ1) is 18.5. The number of rotatable bonds is 5. The lowest BCUT2D eigenvalue weighted by molar-refractivity contribution is 0.0674. The zero-order chi connectivity index (χ0) is 18.8. The predicted octanol–water partition coefficient (Wildman–Crippen LogP) is 2.87. The van der Waals surface area contributed by atoms with E-state index in [2.05, 4.69) is 0 Å². The first-order chi connectivity index (χ1) is 12.4. The number of ether oxygens (including phenoxy) is 1. The standard InChI is InChI=1S/C17H15Cl2FN2O4/c18-11-2-1-10(7-12(11)19)9-21-4-5-22-14(26-6-3-20)8-13(23)16(24)15(22)17(21)25/h1-2,7-8,24H,3-6,9H2. The third kappa shape index (κ3) is 3.50. The van der Waals surface area contributed by atoms with Crippen molar-refractivity contribution in [2.75, 3.05) is 19.8 Å². The SMILES string of the molecule is O=C1c2c(O)c(=O)cc(OCCF)n2CCN1Cc1ccc(Cl)c(Cl)c1. The van der Waals surface area contributed by atoms with Gasteiger partial charge in [0.2, 0.25) is 5.43 Å². The number of carbonyl (C=O) groups is 1. The fraction of sp³-hybridized carbons (Fsp3) is 0.294. The van der Waals surface area contributed by atoms with Gasteiger partial charge in [0, 0.05) is 25.7 Å². The van der Waals surface area contributed by atoms with Gasteiger partial charge in [-0.15, -0.1) is 0 Å². The molecule has 2 aromatic rings. The summed E-state index contributed by atoms with van der Waals surface area (Å²) in [5, 5.41) is 10.9. The van der Waals surface area contributed by atoms with Gasteiger partial charge < -0.3 is 19.3 Å². The molecule has 0 unspecified atom stereocenters. The minimum Gasteiger partial charge on any atom is -0.503 e. The molecule has 0 saturated carbocycles. The van der Waals surface area contributed by atoms with Crippen molar-refractivity contribution in [3.63, 3.8) is 0 Å². The van der Waals surface area contributed by atoms with E-state index in [-0.39, 0.29) is 31.3 Å². The summed E-state index contributed by atoms with van der Waals surface area (Å²) in [4.78, 5) is 26.2. The topological polar surface area (TPSA) is 71.8 Å². The number of halogens is 3. The summed E-state index contributed by atoms with van der Waals surface area (Å²) < 4.78 is 19.0. The molecule has 0 spiro atoms. The highest BCUT2D eigenvalue weighted by Crippen LogP contribution is 2.27. The number of fused-ring (bicyclic) bond motifs is 1. The second-order valence-corrected chi connectivity index (χ2v) is 6.52. The van der Waals surface area contributed by atoms with Crippen molar-refractivity contribution in [3.05, 3.63) is 55.8 Å². The Morgan fingerprint density at radius 3 is 2.62 bits per heavy atom. The van der Waals surface area contributed by atoms with E-state index in [0.717, 1.165) is 11.6 Å². The Hall–Kier alpha value is -2.25. The van der Waals surface area contributed by atoms with Crippen LogP contribution in [0.25, 0.3) is 0 Å². The van der Waals surface area contributed by atoms with Gasteiger partial charge in [-0.1, -0.05) is 29.3 Å². The number of amides is 1. The van der Waals surface area contributed by atoms with Crippen LogP contribution in [-0.4, -0.2) is 40.3 Å². The summed E-state index contributed by atoms with van der Waals surface area (Å²) in [6.07, 6.45) is 0. The Kier molecular flexibility index (Phi) is 5.38. The van der Waals surface area contributed by atoms with Gasteiger partial charge in [0.1, 0.15) is 13.3 Å². The smallest absolute Gasteiger partial charge is 0.274 e. The molecule has 0 fully saturated rings. The Labute approximate surface area is 158 Å². The number of aromatic hydroxyl groups is 1. The normalized spacial score (nSPS) is 13.7. The second-order valence-electron chi connectivity index (χ2n) is 5.71. The van der Waals surface area contributed by atoms with Crippen LogP contribution in [0.2, 0.25) is 10.0 Å². The maximum absolute atomic E-state index is 12.8. The summed E-state index contributed by atoms with van der Waals surface area (Å²) >= 11 is 11.9. The Balaban J connectivity index is 1.93. The molecule has 1 aromatic carbocycles. The average molecular weight is 401 g/mol. The van der Waals surface area contributed by atoms with Crippen molar-refractivity contribution in [2.45, 2.75) is 13.1 Å². The fourth-order valence-corrected chi connectivity index (χ4v) is 3.12. The van der Waals surface area contributed by atoms with Crippen LogP contribution in [0.3, 0.4) is 0 Å². The zero-order valence-electron chi connectivity index (χ0n) is 13.5. The fourth-order valence-electron chi connectivity index (χ4n) is 2.80. The number of nitrogens with zero attached hydrogens (tertiary/aromatic N) is 2. The van der Waals surface area contributed by atoms with Crippen molar-refractivity contribution in [1.82, 2.24) is 9.47 Å². The van der Waals surface area contributed by atoms with Crippen LogP contribution in [0.15, 0.2) is 29.1 Å². The molecule has 3 rings (SSSR count). The second kappa shape index (κ2) is 7.55. The Bertz CT molecular complexity index is 916. The van der Waals surface area contributed by atoms with Gasteiger partial charge in [-0.25, -0.2) is 4.39 Å². The third-order valence-electron chi connectivity index (χ3n) is 4.02. The van der Waals surface area contributed by atoms with Gasteiger partial charge in [-0.05, 0) is 17.7 Å². The maximum Gasteiger partial charge on any atom is 0.274 e. The van der Waals surface area contributed by atoms with Crippen molar-refractivity contribution in [3.8, 4) is 11.6 Å². The Morgan fingerprint density at radius 2 is 1.92 bits per heavy atom. The van der Waals surface area contributed by atoms with Gasteiger partial charge in [-0.2, -0.15) is 0 Å². The molecule has 1 aliphatic heterocycles. The number of hydrogen-bond donors (Lipinski definition) is 1. The van der Waals surface area contributed by atoms with Crippen LogP contribution in [0, 0.1) is 0 Å². The highest BCUT2D eigenvalue weighted by molar-refractivity contribution is 6.42. The number of pyridine rings is 1. The molecule has 2 heterocycles. The number of carbonyl (C=O) groups excluding carboxylic acids is 1. The van der Waals surface area contributed by atoms with Crippen LogP contribution in [0.1, 0.15) is 16.1 Å². The van der Waals surface area contributed by atoms with Crippen molar-refractivity contribution < 1.29 is 19.0 Å². The third-order valence-corrected chi connectivity index (χ3v) is 4.76. The summed E-state index contributed by atoms with van der Waals surface area (Å²) in [6, 6.07) is 6.08. The first-order valence-corrected chi connectivity index (χ1v) is 8.56. The lowest BCUT2D eigenvalue weighted by Crippen LogP contribution is -2.41. The van der Waals surface area contributed by atoms with Crippen molar-refractivity contribution in [1.29, 1.82) is 0 Å². The van der Waals surface area contributed by atoms with Crippen LogP contribution >= 0.6 is 23.2 Å². The molecule has 0 saturated heterocycles. The largest absolute Gasteiger partial charge is 0.503 e. The van der Waals surface area contributed by atoms with Crippen molar-refractivity contribution >= 4 is 29.1 Å². The maximum atomic E-state index is 12.8. The van der Waals surface area contributed by atoms with Gasteiger partial charge in [0.15, 0.2) is 17.3 Å². The number of hydrogen-bond acceptors (Lipinski definition) is 4. The molecule has 0 bridgehead atoms. The van der Waals surface area contributed by atoms with Gasteiger partial charge >= 0.3 is 0 Å². The van der Waals surface area contributed by atoms with Crippen LogP contribution in [0.5, 0.6) is 11.6 Å². The summed E-state index contributed by atoms with van der Waals surface area (Å²) in [5.74, 6) is -1.12. The molecule has 0 radical (unpaired) electrons. The summed E-state index contributed by atoms with van der Waals surface area (Å²) in [6.45, 7) is -0.135. The molecule has 0 atom stereocenters. The molecule has 9 heteroatoms. The van der Waals surface area contributed by atoms with E-state index in [0.29, 0.717) is 16.6 Å². The monoisotopic (exact) mass is 400 g/mol. The van der Waals surface area contributed by atoms with Gasteiger partial charge in [-0.3, -0.25) is 9.59 Å². The van der Waals surface area contributed by atoms with Gasteiger partial charge in [0.25, 0.3) is 5.91 Å². The average Bonchev–Trinajstić information content (AvgIpc) is 2.62. The molecule has 26 heavy (non-hydrogen) atoms. The van der Waals surface area contributed by atoms with E-state index in [1.54, 1.807) is 18.2 Å². The van der Waals surface area contributed by atoms with E-state index < -0.39 is 23.8 Å². The lowest BCUT2D eigenvalue weighted by Gasteiger charge is -2.31. The zero-order valence-corrected chi connectivity index (χ0v) is 15.1. The van der Waals surface area contributed by atoms with E-state index in [4.69, 9.17) is 27.9 Å². The van der Waals surface area contributed by atoms with E-state index in [1.807, 2.05) is 0 Å². The first-order valence-electron chi connectivity index (χ1n) is 7.81. The molecule has 0 aliphatic carbocycles. The molecular formula is C17H15Cl2FN2O4. The molecule has 1 aliphatic rings. The molecule has 1 aromatic heterocycles. The Morgan fingerprint density at radius 1 is 1.15 bits per heavy atom. The molecular weight excluding hydrogens is 386 g/mol. The minimum atomic E-state index is -0.755. The van der Waals surface area contributed by atoms with Crippen LogP contribution in [-0.2, 0) is 13.1 Å². The molecule has 6 nitrogen and oxygen atoms in total. The highest BCUT2D eigenvalue weighted by Gasteiger charge is 2.30. The van der Waals surface area contributed by atoms with E-state index in [9.17, 15) is 19.1 Å². The van der Waals surface area contributed by atoms with E-state index >= 15 is 0 Å². The number of benzene rings is 1. The lowest BCUT2D eigenvalue weighted by atomic mass is 10.1. The predicted molar refractivity (Wildman–Crippen MR) is 95.0 cm³/mol. The number of alkyl halides is 1. The van der Waals surface area contributed by atoms with E-state index in [1.165, 1.54) is 9.47 Å².